The number of benzene rings is 2. The van der Waals surface area contributed by atoms with Crippen LogP contribution in [0.2, 0.25) is 5.02 Å². The molecule has 3 rings (SSSR count). The van der Waals surface area contributed by atoms with Crippen LogP contribution in [0.15, 0.2) is 46.9 Å². The van der Waals surface area contributed by atoms with Gasteiger partial charge in [0.05, 0.1) is 17.7 Å². The molecule has 0 atom stereocenters. The van der Waals surface area contributed by atoms with Crippen LogP contribution in [0.25, 0.3) is 11.5 Å². The molecule has 1 aromatic heterocycles. The fourth-order valence-corrected chi connectivity index (χ4v) is 2.18. The number of nitrogens with zero attached hydrogens (tertiary/aromatic N) is 2. The van der Waals surface area contributed by atoms with E-state index in [2.05, 4.69) is 15.5 Å². The minimum atomic E-state index is -0.633. The predicted octanol–water partition coefficient (Wildman–Crippen LogP) is 3.79. The molecule has 0 fully saturated rings. The third-order valence-electron chi connectivity index (χ3n) is 3.13. The van der Waals surface area contributed by atoms with Crippen LogP contribution in [0.3, 0.4) is 0 Å². The van der Waals surface area contributed by atoms with Gasteiger partial charge in [0, 0.05) is 5.69 Å². The Labute approximate surface area is 141 Å². The highest BCUT2D eigenvalue weighted by atomic mass is 35.5. The molecule has 0 spiro atoms. The Morgan fingerprint density at radius 2 is 2.04 bits per heavy atom. The van der Waals surface area contributed by atoms with Gasteiger partial charge in [0.1, 0.15) is 11.6 Å². The van der Waals surface area contributed by atoms with Crippen molar-refractivity contribution in [3.8, 4) is 17.2 Å². The minimum absolute atomic E-state index is 0.104. The monoisotopic (exact) mass is 347 g/mol. The maximum atomic E-state index is 13.1. The van der Waals surface area contributed by atoms with E-state index in [1.165, 1.54) is 19.2 Å². The predicted molar refractivity (Wildman–Crippen MR) is 85.6 cm³/mol. The molecule has 6 nitrogen and oxygen atoms in total. The molecule has 1 N–H and O–H groups in total. The number of aromatic nitrogens is 2. The number of carbonyl (C=O) groups is 1. The van der Waals surface area contributed by atoms with Gasteiger partial charge in [0.25, 0.3) is 5.89 Å². The van der Waals surface area contributed by atoms with E-state index in [0.29, 0.717) is 17.0 Å². The first-order chi connectivity index (χ1) is 11.6. The largest absolute Gasteiger partial charge is 0.496 e. The van der Waals surface area contributed by atoms with Crippen LogP contribution >= 0.6 is 11.6 Å². The number of nitrogens with one attached hydrogen (secondary N) is 1. The summed E-state index contributed by atoms with van der Waals surface area (Å²) in [5.74, 6) is -0.762. The van der Waals surface area contributed by atoms with Crippen molar-refractivity contribution in [1.82, 2.24) is 10.2 Å². The second-order valence-electron chi connectivity index (χ2n) is 4.70. The lowest BCUT2D eigenvalue weighted by molar-refractivity contribution is 0.0991. The van der Waals surface area contributed by atoms with Gasteiger partial charge >= 0.3 is 11.8 Å². The number of rotatable bonds is 4. The molecular weight excluding hydrogens is 337 g/mol. The minimum Gasteiger partial charge on any atom is -0.496 e. The summed E-state index contributed by atoms with van der Waals surface area (Å²) in [5, 5.41) is 9.96. The summed E-state index contributed by atoms with van der Waals surface area (Å²) in [5.41, 5.74) is 0.875. The van der Waals surface area contributed by atoms with Crippen molar-refractivity contribution in [3.63, 3.8) is 0 Å². The Bertz CT molecular complexity index is 898. The van der Waals surface area contributed by atoms with Gasteiger partial charge in [-0.3, -0.25) is 4.79 Å². The molecule has 1 heterocycles. The third kappa shape index (κ3) is 3.21. The molecule has 3 aromatic rings. The zero-order valence-electron chi connectivity index (χ0n) is 12.4. The van der Waals surface area contributed by atoms with Crippen LogP contribution in [0.1, 0.15) is 10.7 Å². The highest BCUT2D eigenvalue weighted by Gasteiger charge is 2.18. The van der Waals surface area contributed by atoms with Crippen LogP contribution in [-0.2, 0) is 0 Å². The summed E-state index contributed by atoms with van der Waals surface area (Å²) in [4.78, 5) is 12.1. The Morgan fingerprint density at radius 1 is 1.25 bits per heavy atom. The Kier molecular flexibility index (Phi) is 4.43. The molecular formula is C16H11ClFN3O3. The van der Waals surface area contributed by atoms with Gasteiger partial charge in [-0.2, -0.15) is 0 Å². The van der Waals surface area contributed by atoms with Crippen molar-refractivity contribution < 1.29 is 18.3 Å². The number of halogens is 2. The fraction of sp³-hybridized carbons (Fsp3) is 0.0625. The highest BCUT2D eigenvalue weighted by molar-refractivity contribution is 6.31. The molecule has 2 aromatic carbocycles. The lowest BCUT2D eigenvalue weighted by Gasteiger charge is -2.04. The highest BCUT2D eigenvalue weighted by Crippen LogP contribution is 2.28. The van der Waals surface area contributed by atoms with Crippen LogP contribution in [0.4, 0.5) is 10.1 Å². The molecule has 0 saturated carbocycles. The second-order valence-corrected chi connectivity index (χ2v) is 5.10. The average Bonchev–Trinajstić information content (AvgIpc) is 3.08. The van der Waals surface area contributed by atoms with Crippen molar-refractivity contribution in [1.29, 1.82) is 0 Å². The Balaban J connectivity index is 1.82. The summed E-state index contributed by atoms with van der Waals surface area (Å²) in [7, 11) is 1.51. The van der Waals surface area contributed by atoms with Crippen LogP contribution in [-0.4, -0.2) is 23.2 Å². The summed E-state index contributed by atoms with van der Waals surface area (Å²) >= 11 is 5.67. The van der Waals surface area contributed by atoms with E-state index in [4.69, 9.17) is 20.8 Å². The quantitative estimate of drug-likeness (QED) is 0.777. The van der Waals surface area contributed by atoms with Gasteiger partial charge < -0.3 is 14.5 Å². The van der Waals surface area contributed by atoms with Gasteiger partial charge in [-0.05, 0) is 30.3 Å². The summed E-state index contributed by atoms with van der Waals surface area (Å²) in [6.07, 6.45) is 0. The molecule has 0 bridgehead atoms. The van der Waals surface area contributed by atoms with Crippen LogP contribution < -0.4 is 10.1 Å². The normalized spacial score (nSPS) is 10.5. The van der Waals surface area contributed by atoms with Gasteiger partial charge in [0.15, 0.2) is 0 Å². The smallest absolute Gasteiger partial charge is 0.313 e. The van der Waals surface area contributed by atoms with E-state index in [0.717, 1.165) is 6.07 Å². The van der Waals surface area contributed by atoms with Crippen molar-refractivity contribution in [2.45, 2.75) is 0 Å². The fourth-order valence-electron chi connectivity index (χ4n) is 2.00. The van der Waals surface area contributed by atoms with E-state index in [1.54, 1.807) is 24.3 Å². The number of anilines is 1. The Hall–Kier alpha value is -2.93. The summed E-state index contributed by atoms with van der Waals surface area (Å²) < 4.78 is 23.7. The molecule has 122 valence electrons. The third-order valence-corrected chi connectivity index (χ3v) is 3.42. The van der Waals surface area contributed by atoms with Crippen molar-refractivity contribution >= 4 is 23.2 Å². The number of methoxy groups -OCH3 is 1. The molecule has 0 unspecified atom stereocenters. The first-order valence-corrected chi connectivity index (χ1v) is 7.19. The first-order valence-electron chi connectivity index (χ1n) is 6.82. The lowest BCUT2D eigenvalue weighted by Crippen LogP contribution is -2.12. The molecule has 24 heavy (non-hydrogen) atoms. The van der Waals surface area contributed by atoms with E-state index in [9.17, 15) is 9.18 Å². The molecule has 1 amide bonds. The number of para-hydroxylation sites is 1. The zero-order chi connectivity index (χ0) is 17.1. The molecule has 0 aliphatic heterocycles. The zero-order valence-corrected chi connectivity index (χ0v) is 13.2. The van der Waals surface area contributed by atoms with Crippen LogP contribution in [0.5, 0.6) is 5.75 Å². The molecule has 0 radical (unpaired) electrons. The number of carbonyl (C=O) groups excluding carboxylic acids is 1. The maximum absolute atomic E-state index is 13.1. The Morgan fingerprint density at radius 3 is 2.79 bits per heavy atom. The standard InChI is InChI=1S/C16H11ClFN3O3/c1-23-13-5-3-2-4-10(13)15-20-21-16(24-15)14(22)19-9-6-7-12(18)11(17)8-9/h2-8H,1H3,(H,19,22). The van der Waals surface area contributed by atoms with Crippen molar-refractivity contribution in [2.24, 2.45) is 0 Å². The number of amides is 1. The van der Waals surface area contributed by atoms with Gasteiger partial charge in [-0.25, -0.2) is 4.39 Å². The van der Waals surface area contributed by atoms with E-state index >= 15 is 0 Å². The topological polar surface area (TPSA) is 77.2 Å². The van der Waals surface area contributed by atoms with E-state index in [-0.39, 0.29) is 16.8 Å². The number of hydrogen-bond donors (Lipinski definition) is 1. The molecule has 0 saturated heterocycles. The number of ether oxygens (including phenoxy) is 1. The van der Waals surface area contributed by atoms with E-state index in [1.807, 2.05) is 0 Å². The van der Waals surface area contributed by atoms with Gasteiger partial charge in [-0.1, -0.05) is 23.7 Å². The van der Waals surface area contributed by atoms with Gasteiger partial charge in [-0.15, -0.1) is 10.2 Å². The summed E-state index contributed by atoms with van der Waals surface area (Å²) in [6, 6.07) is 10.8. The van der Waals surface area contributed by atoms with Crippen molar-refractivity contribution in [2.75, 3.05) is 12.4 Å². The maximum Gasteiger partial charge on any atom is 0.313 e. The van der Waals surface area contributed by atoms with E-state index < -0.39 is 11.7 Å². The SMILES string of the molecule is COc1ccccc1-c1nnc(C(=O)Nc2ccc(F)c(Cl)c2)o1. The average molecular weight is 348 g/mol. The summed E-state index contributed by atoms with van der Waals surface area (Å²) in [6.45, 7) is 0. The van der Waals surface area contributed by atoms with Gasteiger partial charge in [0.2, 0.25) is 0 Å². The lowest BCUT2D eigenvalue weighted by atomic mass is 10.2. The second kappa shape index (κ2) is 6.67. The molecule has 0 aliphatic carbocycles. The molecule has 8 heteroatoms. The van der Waals surface area contributed by atoms with Crippen LogP contribution in [0, 0.1) is 5.82 Å². The molecule has 0 aliphatic rings. The number of hydrogen-bond acceptors (Lipinski definition) is 5. The first kappa shape index (κ1) is 15.9. The van der Waals surface area contributed by atoms with Crippen molar-refractivity contribution in [3.05, 3.63) is 59.2 Å².